The second-order valence-corrected chi connectivity index (χ2v) is 15.1. The van der Waals surface area contributed by atoms with E-state index in [0.29, 0.717) is 17.5 Å². The molecule has 0 aliphatic carbocycles. The summed E-state index contributed by atoms with van der Waals surface area (Å²) in [4.78, 5) is 24.9. The summed E-state index contributed by atoms with van der Waals surface area (Å²) < 4.78 is 0. The Morgan fingerprint density at radius 2 is 0.557 bits per heavy atom. The van der Waals surface area contributed by atoms with E-state index in [1.54, 1.807) is 0 Å². The van der Waals surface area contributed by atoms with Crippen molar-refractivity contribution in [1.29, 1.82) is 0 Å². The predicted octanol–water partition coefficient (Wildman–Crippen LogP) is 14.0. The van der Waals surface area contributed by atoms with Crippen molar-refractivity contribution < 1.29 is 0 Å². The van der Waals surface area contributed by atoms with E-state index < -0.39 is 0 Å². The Balaban J connectivity index is 1.14. The first kappa shape index (κ1) is 37.1. The lowest BCUT2D eigenvalue weighted by Crippen LogP contribution is -2.01. The van der Waals surface area contributed by atoms with Gasteiger partial charge in [0.15, 0.2) is 17.5 Å². The van der Waals surface area contributed by atoms with Gasteiger partial charge in [-0.25, -0.2) is 15.0 Å². The van der Waals surface area contributed by atoms with Crippen molar-refractivity contribution in [3.8, 4) is 101 Å². The predicted molar refractivity (Wildman–Crippen MR) is 249 cm³/mol. The lowest BCUT2D eigenvalue weighted by molar-refractivity contribution is 1.07. The van der Waals surface area contributed by atoms with E-state index in [1.165, 1.54) is 5.56 Å². The van der Waals surface area contributed by atoms with Crippen LogP contribution in [0.25, 0.3) is 101 Å². The maximum absolute atomic E-state index is 5.32. The number of rotatable bonds is 9. The van der Waals surface area contributed by atoms with E-state index in [2.05, 4.69) is 175 Å². The minimum Gasteiger partial charge on any atom is -0.256 e. The SMILES string of the molecule is Cc1ccc(-c2nc(-c3cc(-c4ccccc4)cc(-c4ccc(-c5ccccn5)cc4)c3)nc(-c3cc(-c4ccccc4)cc(-c4ccc(-c5ccccn5)cc4)c3)n2)cc1. The first-order chi connectivity index (χ1) is 30.1. The van der Waals surface area contributed by atoms with Gasteiger partial charge in [0, 0.05) is 40.2 Å². The molecule has 0 radical (unpaired) electrons. The average Bonchev–Trinajstić information content (AvgIpc) is 3.35. The van der Waals surface area contributed by atoms with Gasteiger partial charge in [0.1, 0.15) is 0 Å². The van der Waals surface area contributed by atoms with Crippen molar-refractivity contribution in [1.82, 2.24) is 24.9 Å². The minimum atomic E-state index is 0.594. The number of benzene rings is 7. The van der Waals surface area contributed by atoms with E-state index in [4.69, 9.17) is 15.0 Å². The molecule has 0 spiro atoms. The van der Waals surface area contributed by atoms with E-state index in [9.17, 15) is 0 Å². The molecule has 0 bridgehead atoms. The van der Waals surface area contributed by atoms with E-state index in [1.807, 2.05) is 60.9 Å². The third kappa shape index (κ3) is 8.14. The van der Waals surface area contributed by atoms with Crippen molar-refractivity contribution in [3.63, 3.8) is 0 Å². The zero-order valence-electron chi connectivity index (χ0n) is 33.5. The summed E-state index contributed by atoms with van der Waals surface area (Å²) in [5.74, 6) is 1.80. The van der Waals surface area contributed by atoms with Crippen molar-refractivity contribution in [3.05, 3.63) is 224 Å². The molecule has 0 atom stereocenters. The molecule has 7 aromatic carbocycles. The minimum absolute atomic E-state index is 0.594. The van der Waals surface area contributed by atoms with Gasteiger partial charge in [-0.1, -0.05) is 151 Å². The van der Waals surface area contributed by atoms with Gasteiger partial charge in [-0.15, -0.1) is 0 Å². The molecule has 0 saturated carbocycles. The number of nitrogens with zero attached hydrogens (tertiary/aromatic N) is 5. The molecule has 0 aliphatic rings. The Morgan fingerprint density at radius 3 is 0.934 bits per heavy atom. The van der Waals surface area contributed by atoms with E-state index in [0.717, 1.165) is 83.7 Å². The molecule has 10 rings (SSSR count). The Kier molecular flexibility index (Phi) is 10.1. The Morgan fingerprint density at radius 1 is 0.246 bits per heavy atom. The summed E-state index contributed by atoms with van der Waals surface area (Å²) in [6.45, 7) is 2.09. The third-order valence-electron chi connectivity index (χ3n) is 10.9. The van der Waals surface area contributed by atoms with Crippen molar-refractivity contribution in [2.24, 2.45) is 0 Å². The standard InChI is InChI=1S/C56H39N5/c1-38-18-20-45(21-19-38)54-59-55(50-34-46(39-12-4-2-5-13-39)32-48(36-50)41-22-26-43(27-23-41)52-16-8-10-30-57-52)61-56(60-54)51-35-47(40-14-6-3-7-15-40)33-49(37-51)42-24-28-44(29-25-42)53-17-9-11-31-58-53/h2-37H,1H3. The molecule has 61 heavy (non-hydrogen) atoms. The second-order valence-electron chi connectivity index (χ2n) is 15.1. The van der Waals surface area contributed by atoms with Crippen LogP contribution >= 0.6 is 0 Å². The van der Waals surface area contributed by atoms with Gasteiger partial charge in [0.05, 0.1) is 11.4 Å². The normalized spacial score (nSPS) is 11.0. The largest absolute Gasteiger partial charge is 0.256 e. The van der Waals surface area contributed by atoms with Gasteiger partial charge in [0.2, 0.25) is 0 Å². The van der Waals surface area contributed by atoms with Crippen LogP contribution in [-0.2, 0) is 0 Å². The van der Waals surface area contributed by atoms with Gasteiger partial charge in [0.25, 0.3) is 0 Å². The van der Waals surface area contributed by atoms with Crippen LogP contribution in [0.4, 0.5) is 0 Å². The van der Waals surface area contributed by atoms with E-state index in [-0.39, 0.29) is 0 Å². The summed E-state index contributed by atoms with van der Waals surface area (Å²) >= 11 is 0. The fraction of sp³-hybridized carbons (Fsp3) is 0.0179. The number of pyridine rings is 2. The summed E-state index contributed by atoms with van der Waals surface area (Å²) in [5.41, 5.74) is 16.5. The van der Waals surface area contributed by atoms with Gasteiger partial charge in [-0.2, -0.15) is 0 Å². The third-order valence-corrected chi connectivity index (χ3v) is 10.9. The van der Waals surface area contributed by atoms with Gasteiger partial charge < -0.3 is 0 Å². The zero-order chi connectivity index (χ0) is 41.0. The number of aromatic nitrogens is 5. The van der Waals surface area contributed by atoms with Crippen molar-refractivity contribution in [2.45, 2.75) is 6.92 Å². The Hall–Kier alpha value is -8.15. The van der Waals surface area contributed by atoms with Crippen molar-refractivity contribution in [2.75, 3.05) is 0 Å². The lowest BCUT2D eigenvalue weighted by atomic mass is 9.94. The molecule has 0 N–H and O–H groups in total. The summed E-state index contributed by atoms with van der Waals surface area (Å²) in [6.07, 6.45) is 3.65. The molecule has 0 amide bonds. The monoisotopic (exact) mass is 781 g/mol. The fourth-order valence-electron chi connectivity index (χ4n) is 7.64. The van der Waals surface area contributed by atoms with Crippen LogP contribution in [0, 0.1) is 6.92 Å². The van der Waals surface area contributed by atoms with Crippen LogP contribution in [0.3, 0.4) is 0 Å². The second kappa shape index (κ2) is 16.6. The number of aryl methyl sites for hydroxylation is 1. The summed E-state index contributed by atoms with van der Waals surface area (Å²) in [6, 6.07) is 71.7. The first-order valence-corrected chi connectivity index (χ1v) is 20.4. The number of hydrogen-bond donors (Lipinski definition) is 0. The maximum Gasteiger partial charge on any atom is 0.164 e. The van der Waals surface area contributed by atoms with Crippen LogP contribution in [0.1, 0.15) is 5.56 Å². The summed E-state index contributed by atoms with van der Waals surface area (Å²) in [7, 11) is 0. The molecule has 288 valence electrons. The maximum atomic E-state index is 5.32. The molecule has 3 aromatic heterocycles. The highest BCUT2D eigenvalue weighted by Gasteiger charge is 2.17. The Bertz CT molecular complexity index is 2890. The topological polar surface area (TPSA) is 64.5 Å². The average molecular weight is 782 g/mol. The highest BCUT2D eigenvalue weighted by molar-refractivity contribution is 5.83. The smallest absolute Gasteiger partial charge is 0.164 e. The number of hydrogen-bond acceptors (Lipinski definition) is 5. The highest BCUT2D eigenvalue weighted by Crippen LogP contribution is 2.37. The first-order valence-electron chi connectivity index (χ1n) is 20.4. The van der Waals surface area contributed by atoms with Crippen LogP contribution in [0.15, 0.2) is 219 Å². The van der Waals surface area contributed by atoms with Crippen LogP contribution in [-0.4, -0.2) is 24.9 Å². The molecule has 10 aromatic rings. The molecular weight excluding hydrogens is 743 g/mol. The van der Waals surface area contributed by atoms with Gasteiger partial charge >= 0.3 is 0 Å². The molecule has 5 heteroatoms. The summed E-state index contributed by atoms with van der Waals surface area (Å²) in [5, 5.41) is 0. The fourth-order valence-corrected chi connectivity index (χ4v) is 7.64. The molecule has 5 nitrogen and oxygen atoms in total. The quantitative estimate of drug-likeness (QED) is 0.146. The molecule has 0 unspecified atom stereocenters. The Labute approximate surface area is 355 Å². The molecular formula is C56H39N5. The van der Waals surface area contributed by atoms with Crippen molar-refractivity contribution >= 4 is 0 Å². The van der Waals surface area contributed by atoms with Gasteiger partial charge in [-0.05, 0) is 112 Å². The van der Waals surface area contributed by atoms with E-state index >= 15 is 0 Å². The molecule has 0 saturated heterocycles. The highest BCUT2D eigenvalue weighted by atomic mass is 15.0. The molecule has 0 aliphatic heterocycles. The zero-order valence-corrected chi connectivity index (χ0v) is 33.5. The lowest BCUT2D eigenvalue weighted by Gasteiger charge is -2.14. The molecule has 3 heterocycles. The van der Waals surface area contributed by atoms with Crippen LogP contribution in [0.2, 0.25) is 0 Å². The van der Waals surface area contributed by atoms with Crippen LogP contribution < -0.4 is 0 Å². The molecule has 0 fully saturated rings. The van der Waals surface area contributed by atoms with Crippen LogP contribution in [0.5, 0.6) is 0 Å². The van der Waals surface area contributed by atoms with Gasteiger partial charge in [-0.3, -0.25) is 9.97 Å².